The lowest BCUT2D eigenvalue weighted by Gasteiger charge is -2.34. The minimum atomic E-state index is -0.401. The monoisotopic (exact) mass is 328 g/mol. The van der Waals surface area contributed by atoms with Crippen LogP contribution >= 0.6 is 0 Å². The number of ether oxygens (including phenoxy) is 1. The molecule has 0 spiro atoms. The molecule has 0 saturated carbocycles. The van der Waals surface area contributed by atoms with Crippen molar-refractivity contribution in [3.8, 4) is 5.75 Å². The number of methoxy groups -OCH3 is 1. The highest BCUT2D eigenvalue weighted by Crippen LogP contribution is 2.26. The zero-order valence-electron chi connectivity index (χ0n) is 13.5. The number of piperidine rings is 1. The zero-order chi connectivity index (χ0) is 16.9. The van der Waals surface area contributed by atoms with Crippen molar-refractivity contribution in [2.75, 3.05) is 30.4 Å². The van der Waals surface area contributed by atoms with Gasteiger partial charge in [0.2, 0.25) is 5.82 Å². The summed E-state index contributed by atoms with van der Waals surface area (Å²) in [6.07, 6.45) is 3.38. The molecule has 1 saturated heterocycles. The minimum Gasteiger partial charge on any atom is -0.497 e. The average Bonchev–Trinajstić information content (AvgIpc) is 2.63. The predicted octanol–water partition coefficient (Wildman–Crippen LogP) is 3.08. The van der Waals surface area contributed by atoms with Crippen LogP contribution in [0.2, 0.25) is 0 Å². The lowest BCUT2D eigenvalue weighted by Crippen LogP contribution is -2.39. The van der Waals surface area contributed by atoms with Crippen LogP contribution in [0.1, 0.15) is 12.8 Å². The standard InChI is InChI=1S/C17H20N4O3/c1-24-15-6-4-14(5-7-15)20-11-8-13(9-12-20)19-17-16(21(22)23)3-2-10-18-17/h2-7,10,13H,8-9,11-12H2,1H3,(H,18,19). The molecule has 1 aliphatic rings. The molecule has 126 valence electrons. The highest BCUT2D eigenvalue weighted by Gasteiger charge is 2.22. The molecule has 0 bridgehead atoms. The summed E-state index contributed by atoms with van der Waals surface area (Å²) in [6.45, 7) is 1.79. The van der Waals surface area contributed by atoms with Crippen molar-refractivity contribution in [3.63, 3.8) is 0 Å². The number of benzene rings is 1. The van der Waals surface area contributed by atoms with Crippen molar-refractivity contribution >= 4 is 17.2 Å². The Hall–Kier alpha value is -2.83. The van der Waals surface area contributed by atoms with E-state index in [1.165, 1.54) is 6.07 Å². The van der Waals surface area contributed by atoms with E-state index in [2.05, 4.69) is 27.3 Å². The molecule has 2 heterocycles. The van der Waals surface area contributed by atoms with Gasteiger partial charge >= 0.3 is 5.69 Å². The lowest BCUT2D eigenvalue weighted by molar-refractivity contribution is -0.384. The molecule has 1 N–H and O–H groups in total. The fraction of sp³-hybridized carbons (Fsp3) is 0.353. The van der Waals surface area contributed by atoms with Gasteiger partial charge in [-0.05, 0) is 43.2 Å². The van der Waals surface area contributed by atoms with Crippen molar-refractivity contribution in [1.29, 1.82) is 0 Å². The minimum absolute atomic E-state index is 0.0232. The number of aromatic nitrogens is 1. The van der Waals surface area contributed by atoms with Gasteiger partial charge in [-0.2, -0.15) is 0 Å². The molecule has 7 heteroatoms. The molecule has 2 aromatic rings. The highest BCUT2D eigenvalue weighted by molar-refractivity contribution is 5.56. The van der Waals surface area contributed by atoms with Crippen LogP contribution in [0.15, 0.2) is 42.6 Å². The molecular formula is C17H20N4O3. The second kappa shape index (κ2) is 7.16. The SMILES string of the molecule is COc1ccc(N2CCC(Nc3ncccc3[N+](=O)[O-])CC2)cc1. The van der Waals surface area contributed by atoms with Crippen LogP contribution < -0.4 is 15.0 Å². The number of nitro groups is 1. The summed E-state index contributed by atoms with van der Waals surface area (Å²) < 4.78 is 5.18. The van der Waals surface area contributed by atoms with Gasteiger partial charge in [0, 0.05) is 37.1 Å². The van der Waals surface area contributed by atoms with Gasteiger partial charge in [-0.1, -0.05) is 0 Å². The number of hydrogen-bond donors (Lipinski definition) is 1. The van der Waals surface area contributed by atoms with E-state index in [1.807, 2.05) is 12.1 Å². The van der Waals surface area contributed by atoms with E-state index < -0.39 is 4.92 Å². The van der Waals surface area contributed by atoms with Gasteiger partial charge in [0.1, 0.15) is 5.75 Å². The Kier molecular flexibility index (Phi) is 4.79. The molecule has 7 nitrogen and oxygen atoms in total. The summed E-state index contributed by atoms with van der Waals surface area (Å²) in [5.74, 6) is 1.20. The van der Waals surface area contributed by atoms with Crippen molar-refractivity contribution in [2.24, 2.45) is 0 Å². The van der Waals surface area contributed by atoms with Crippen LogP contribution in [0.4, 0.5) is 17.2 Å². The van der Waals surface area contributed by atoms with Gasteiger partial charge < -0.3 is 15.0 Å². The molecule has 0 atom stereocenters. The van der Waals surface area contributed by atoms with Gasteiger partial charge in [-0.15, -0.1) is 0 Å². The van der Waals surface area contributed by atoms with Gasteiger partial charge in [0.05, 0.1) is 12.0 Å². The molecule has 1 aliphatic heterocycles. The Morgan fingerprint density at radius 2 is 1.96 bits per heavy atom. The third-order valence-corrected chi connectivity index (χ3v) is 4.26. The summed E-state index contributed by atoms with van der Waals surface area (Å²) in [5.41, 5.74) is 1.19. The third-order valence-electron chi connectivity index (χ3n) is 4.26. The first-order valence-corrected chi connectivity index (χ1v) is 7.92. The van der Waals surface area contributed by atoms with Crippen LogP contribution in [-0.4, -0.2) is 36.1 Å². The van der Waals surface area contributed by atoms with E-state index in [0.29, 0.717) is 5.82 Å². The normalized spacial score (nSPS) is 15.1. The zero-order valence-corrected chi connectivity index (χ0v) is 13.5. The highest BCUT2D eigenvalue weighted by atomic mass is 16.6. The first-order chi connectivity index (χ1) is 11.7. The topological polar surface area (TPSA) is 80.5 Å². The van der Waals surface area contributed by atoms with Crippen LogP contribution in [0.25, 0.3) is 0 Å². The fourth-order valence-electron chi connectivity index (χ4n) is 2.92. The Morgan fingerprint density at radius 1 is 1.25 bits per heavy atom. The molecule has 0 amide bonds. The smallest absolute Gasteiger partial charge is 0.311 e. The van der Waals surface area contributed by atoms with Crippen LogP contribution in [0.3, 0.4) is 0 Å². The maximum absolute atomic E-state index is 11.1. The molecule has 0 aliphatic carbocycles. The van der Waals surface area contributed by atoms with Gasteiger partial charge in [-0.3, -0.25) is 10.1 Å². The molecular weight excluding hydrogens is 308 g/mol. The first kappa shape index (κ1) is 16.0. The van der Waals surface area contributed by atoms with E-state index in [4.69, 9.17) is 4.74 Å². The van der Waals surface area contributed by atoms with Gasteiger partial charge in [0.15, 0.2) is 0 Å². The summed E-state index contributed by atoms with van der Waals surface area (Å²) in [5, 5.41) is 14.3. The Labute approximate surface area is 140 Å². The molecule has 3 rings (SSSR count). The van der Waals surface area contributed by atoms with Crippen LogP contribution in [0.5, 0.6) is 5.75 Å². The molecule has 0 radical (unpaired) electrons. The van der Waals surface area contributed by atoms with E-state index >= 15 is 0 Å². The van der Waals surface area contributed by atoms with Crippen molar-refractivity contribution < 1.29 is 9.66 Å². The van der Waals surface area contributed by atoms with Crippen LogP contribution in [-0.2, 0) is 0 Å². The number of nitrogens with zero attached hydrogens (tertiary/aromatic N) is 3. The molecule has 1 aromatic heterocycles. The third kappa shape index (κ3) is 3.56. The quantitative estimate of drug-likeness (QED) is 0.671. The summed E-state index contributed by atoms with van der Waals surface area (Å²) in [7, 11) is 1.66. The second-order valence-corrected chi connectivity index (χ2v) is 5.73. The van der Waals surface area contributed by atoms with Crippen molar-refractivity contribution in [2.45, 2.75) is 18.9 Å². The van der Waals surface area contributed by atoms with Crippen molar-refractivity contribution in [1.82, 2.24) is 4.98 Å². The van der Waals surface area contributed by atoms with E-state index in [1.54, 1.807) is 19.4 Å². The maximum Gasteiger partial charge on any atom is 0.311 e. The van der Waals surface area contributed by atoms with E-state index in [-0.39, 0.29) is 11.7 Å². The van der Waals surface area contributed by atoms with Gasteiger partial charge in [0.25, 0.3) is 0 Å². The second-order valence-electron chi connectivity index (χ2n) is 5.73. The number of rotatable bonds is 5. The summed E-state index contributed by atoms with van der Waals surface area (Å²) >= 11 is 0. The fourth-order valence-corrected chi connectivity index (χ4v) is 2.92. The van der Waals surface area contributed by atoms with Crippen molar-refractivity contribution in [3.05, 3.63) is 52.7 Å². The Morgan fingerprint density at radius 3 is 2.58 bits per heavy atom. The number of pyridine rings is 1. The maximum atomic E-state index is 11.1. The lowest BCUT2D eigenvalue weighted by atomic mass is 10.0. The number of hydrogen-bond acceptors (Lipinski definition) is 6. The van der Waals surface area contributed by atoms with Crippen LogP contribution in [0, 0.1) is 10.1 Å². The van der Waals surface area contributed by atoms with E-state index in [9.17, 15) is 10.1 Å². The number of nitrogens with one attached hydrogen (secondary N) is 1. The number of anilines is 2. The molecule has 24 heavy (non-hydrogen) atoms. The summed E-state index contributed by atoms with van der Waals surface area (Å²) in [6, 6.07) is 11.3. The van der Waals surface area contributed by atoms with Gasteiger partial charge in [-0.25, -0.2) is 4.98 Å². The Balaban J connectivity index is 1.60. The molecule has 0 unspecified atom stereocenters. The van der Waals surface area contributed by atoms with E-state index in [0.717, 1.165) is 37.4 Å². The summed E-state index contributed by atoms with van der Waals surface area (Å²) in [4.78, 5) is 17.1. The average molecular weight is 328 g/mol. The molecule has 1 fully saturated rings. The first-order valence-electron chi connectivity index (χ1n) is 7.92. The predicted molar refractivity (Wildman–Crippen MR) is 92.7 cm³/mol. The largest absolute Gasteiger partial charge is 0.497 e. The Bertz CT molecular complexity index is 697. The molecule has 1 aromatic carbocycles.